The van der Waals surface area contributed by atoms with Crippen LogP contribution in [0, 0.1) is 0 Å². The summed E-state index contributed by atoms with van der Waals surface area (Å²) >= 11 is 0. The van der Waals surface area contributed by atoms with E-state index in [4.69, 9.17) is 9.47 Å². The molecule has 0 spiro atoms. The monoisotopic (exact) mass is 190 g/mol. The molecule has 1 heterocycles. The van der Waals surface area contributed by atoms with E-state index in [1.165, 1.54) is 0 Å². The first-order valence-corrected chi connectivity index (χ1v) is 4.75. The van der Waals surface area contributed by atoms with Gasteiger partial charge in [-0.25, -0.2) is 0 Å². The van der Waals surface area contributed by atoms with E-state index in [9.17, 15) is 0 Å². The molecule has 0 N–H and O–H groups in total. The maximum absolute atomic E-state index is 5.74. The van der Waals surface area contributed by atoms with Gasteiger partial charge < -0.3 is 9.47 Å². The number of ether oxygens (including phenoxy) is 2. The predicted octanol–water partition coefficient (Wildman–Crippen LogP) is 2.46. The molecule has 0 bridgehead atoms. The Kier molecular flexibility index (Phi) is 2.40. The van der Waals surface area contributed by atoms with Gasteiger partial charge in [0.25, 0.3) is 0 Å². The van der Waals surface area contributed by atoms with E-state index < -0.39 is 5.60 Å². The van der Waals surface area contributed by atoms with Crippen molar-refractivity contribution in [1.82, 2.24) is 0 Å². The zero-order valence-corrected chi connectivity index (χ0v) is 8.27. The first kappa shape index (κ1) is 9.44. The van der Waals surface area contributed by atoms with Crippen LogP contribution in [-0.4, -0.2) is 12.9 Å². The molecule has 74 valence electrons. The molecule has 0 saturated carbocycles. The summed E-state index contributed by atoms with van der Waals surface area (Å²) in [6, 6.07) is 10.0. The van der Waals surface area contributed by atoms with Crippen molar-refractivity contribution in [3.63, 3.8) is 0 Å². The van der Waals surface area contributed by atoms with Crippen LogP contribution in [0.15, 0.2) is 43.0 Å². The zero-order chi connectivity index (χ0) is 10.0. The third kappa shape index (κ3) is 1.47. The van der Waals surface area contributed by atoms with Gasteiger partial charge in [-0.2, -0.15) is 0 Å². The number of benzene rings is 1. The Labute approximate surface area is 84.2 Å². The number of rotatable bonds is 2. The maximum atomic E-state index is 5.74. The van der Waals surface area contributed by atoms with E-state index in [-0.39, 0.29) is 6.29 Å². The van der Waals surface area contributed by atoms with Crippen molar-refractivity contribution in [3.8, 4) is 0 Å². The van der Waals surface area contributed by atoms with Crippen LogP contribution in [0.25, 0.3) is 0 Å². The van der Waals surface area contributed by atoms with Crippen LogP contribution in [0.2, 0.25) is 0 Å². The normalized spacial score (nSPS) is 31.6. The summed E-state index contributed by atoms with van der Waals surface area (Å²) in [4.78, 5) is 0. The summed E-state index contributed by atoms with van der Waals surface area (Å²) in [5, 5.41) is 0. The molecule has 0 aliphatic carbocycles. The van der Waals surface area contributed by atoms with Gasteiger partial charge in [0.1, 0.15) is 5.60 Å². The fourth-order valence-electron chi connectivity index (χ4n) is 1.70. The Hall–Kier alpha value is -1.12. The standard InChI is InChI=1S/C12H14O2/c1-3-12(9-13-10(2)14-12)11-7-5-4-6-8-11/h3-8,10H,1,9H2,2H3/t10-,12+/m1/s1. The summed E-state index contributed by atoms with van der Waals surface area (Å²) < 4.78 is 11.2. The second-order valence-electron chi connectivity index (χ2n) is 3.46. The molecular weight excluding hydrogens is 176 g/mol. The minimum Gasteiger partial charge on any atom is -0.349 e. The van der Waals surface area contributed by atoms with Crippen LogP contribution in [0.1, 0.15) is 12.5 Å². The van der Waals surface area contributed by atoms with E-state index in [0.29, 0.717) is 6.61 Å². The van der Waals surface area contributed by atoms with Gasteiger partial charge in [0.15, 0.2) is 6.29 Å². The summed E-state index contributed by atoms with van der Waals surface area (Å²) in [6.45, 7) is 6.26. The lowest BCUT2D eigenvalue weighted by atomic mass is 9.95. The Morgan fingerprint density at radius 1 is 1.43 bits per heavy atom. The fraction of sp³-hybridized carbons (Fsp3) is 0.333. The van der Waals surface area contributed by atoms with Gasteiger partial charge in [-0.15, -0.1) is 0 Å². The highest BCUT2D eigenvalue weighted by Crippen LogP contribution is 2.34. The summed E-state index contributed by atoms with van der Waals surface area (Å²) in [7, 11) is 0. The van der Waals surface area contributed by atoms with Crippen molar-refractivity contribution in [2.24, 2.45) is 0 Å². The number of hydrogen-bond acceptors (Lipinski definition) is 2. The van der Waals surface area contributed by atoms with Crippen LogP contribution in [0.5, 0.6) is 0 Å². The molecule has 0 radical (unpaired) electrons. The van der Waals surface area contributed by atoms with Gasteiger partial charge in [0, 0.05) is 0 Å². The van der Waals surface area contributed by atoms with Gasteiger partial charge in [0.05, 0.1) is 6.61 Å². The second kappa shape index (κ2) is 3.56. The van der Waals surface area contributed by atoms with Crippen LogP contribution < -0.4 is 0 Å². The van der Waals surface area contributed by atoms with Gasteiger partial charge >= 0.3 is 0 Å². The second-order valence-corrected chi connectivity index (χ2v) is 3.46. The topological polar surface area (TPSA) is 18.5 Å². The van der Waals surface area contributed by atoms with Crippen molar-refractivity contribution >= 4 is 0 Å². The molecule has 14 heavy (non-hydrogen) atoms. The molecular formula is C12H14O2. The molecule has 1 aromatic rings. The highest BCUT2D eigenvalue weighted by atomic mass is 16.7. The zero-order valence-electron chi connectivity index (χ0n) is 8.27. The molecule has 1 aromatic carbocycles. The number of hydrogen-bond donors (Lipinski definition) is 0. The first-order chi connectivity index (χ1) is 6.77. The molecule has 1 aliphatic rings. The van der Waals surface area contributed by atoms with Crippen molar-refractivity contribution < 1.29 is 9.47 Å². The first-order valence-electron chi connectivity index (χ1n) is 4.75. The van der Waals surface area contributed by atoms with E-state index in [0.717, 1.165) is 5.56 Å². The largest absolute Gasteiger partial charge is 0.349 e. The average molecular weight is 190 g/mol. The quantitative estimate of drug-likeness (QED) is 0.667. The highest BCUT2D eigenvalue weighted by Gasteiger charge is 2.38. The summed E-state index contributed by atoms with van der Waals surface area (Å²) in [5.74, 6) is 0. The Morgan fingerprint density at radius 3 is 2.64 bits per heavy atom. The Morgan fingerprint density at radius 2 is 2.14 bits per heavy atom. The van der Waals surface area contributed by atoms with Crippen molar-refractivity contribution in [2.45, 2.75) is 18.8 Å². The summed E-state index contributed by atoms with van der Waals surface area (Å²) in [5.41, 5.74) is 0.639. The Balaban J connectivity index is 2.34. The smallest absolute Gasteiger partial charge is 0.156 e. The molecule has 2 atom stereocenters. The SMILES string of the molecule is C=C[C@@]1(c2ccccc2)CO[C@@H](C)O1. The van der Waals surface area contributed by atoms with Gasteiger partial charge in [-0.3, -0.25) is 0 Å². The molecule has 0 aromatic heterocycles. The third-order valence-electron chi connectivity index (χ3n) is 2.50. The van der Waals surface area contributed by atoms with Crippen LogP contribution in [0.4, 0.5) is 0 Å². The van der Waals surface area contributed by atoms with Crippen LogP contribution in [0.3, 0.4) is 0 Å². The molecule has 1 saturated heterocycles. The van der Waals surface area contributed by atoms with E-state index in [2.05, 4.69) is 6.58 Å². The third-order valence-corrected chi connectivity index (χ3v) is 2.50. The van der Waals surface area contributed by atoms with Gasteiger partial charge in [0.2, 0.25) is 0 Å². The van der Waals surface area contributed by atoms with E-state index in [1.807, 2.05) is 43.3 Å². The lowest BCUT2D eigenvalue weighted by molar-refractivity contribution is -0.0630. The van der Waals surface area contributed by atoms with Crippen molar-refractivity contribution in [1.29, 1.82) is 0 Å². The van der Waals surface area contributed by atoms with Crippen LogP contribution in [-0.2, 0) is 15.1 Å². The Bertz CT molecular complexity index is 320. The molecule has 0 amide bonds. The van der Waals surface area contributed by atoms with Crippen molar-refractivity contribution in [2.75, 3.05) is 6.61 Å². The molecule has 2 heteroatoms. The predicted molar refractivity (Wildman–Crippen MR) is 54.8 cm³/mol. The molecule has 1 fully saturated rings. The lowest BCUT2D eigenvalue weighted by Gasteiger charge is -2.23. The molecule has 0 unspecified atom stereocenters. The maximum Gasteiger partial charge on any atom is 0.156 e. The van der Waals surface area contributed by atoms with Crippen LogP contribution >= 0.6 is 0 Å². The minimum absolute atomic E-state index is 0.159. The average Bonchev–Trinajstić information content (AvgIpc) is 2.63. The molecule has 2 nitrogen and oxygen atoms in total. The molecule has 1 aliphatic heterocycles. The van der Waals surface area contributed by atoms with E-state index in [1.54, 1.807) is 0 Å². The van der Waals surface area contributed by atoms with Crippen molar-refractivity contribution in [3.05, 3.63) is 48.6 Å². The van der Waals surface area contributed by atoms with Gasteiger partial charge in [-0.1, -0.05) is 43.0 Å². The summed E-state index contributed by atoms with van der Waals surface area (Å²) in [6.07, 6.45) is 1.65. The van der Waals surface area contributed by atoms with Gasteiger partial charge in [-0.05, 0) is 12.5 Å². The van der Waals surface area contributed by atoms with E-state index >= 15 is 0 Å². The highest BCUT2D eigenvalue weighted by molar-refractivity contribution is 5.28. The fourth-order valence-corrected chi connectivity index (χ4v) is 1.70. The molecule has 2 rings (SSSR count). The lowest BCUT2D eigenvalue weighted by Crippen LogP contribution is -2.26. The minimum atomic E-state index is -0.458.